The highest BCUT2D eigenvalue weighted by molar-refractivity contribution is 7.10. The van der Waals surface area contributed by atoms with E-state index >= 15 is 0 Å². The molecule has 1 amide bonds. The van der Waals surface area contributed by atoms with Gasteiger partial charge in [0.15, 0.2) is 0 Å². The fraction of sp³-hybridized carbons (Fsp3) is 0.421. The number of benzene rings is 1. The highest BCUT2D eigenvalue weighted by Crippen LogP contribution is 2.29. The molecule has 1 aliphatic rings. The van der Waals surface area contributed by atoms with Gasteiger partial charge in [-0.15, -0.1) is 11.3 Å². The Hall–Kier alpha value is -1.85. The third-order valence-electron chi connectivity index (χ3n) is 4.49. The van der Waals surface area contributed by atoms with E-state index in [0.29, 0.717) is 13.2 Å². The van der Waals surface area contributed by atoms with Crippen LogP contribution in [0.1, 0.15) is 23.8 Å². The Labute approximate surface area is 147 Å². The van der Waals surface area contributed by atoms with E-state index in [1.54, 1.807) is 11.3 Å². The molecule has 0 spiro atoms. The minimum absolute atomic E-state index is 0.155. The van der Waals surface area contributed by atoms with Gasteiger partial charge in [-0.25, -0.2) is 0 Å². The van der Waals surface area contributed by atoms with Crippen molar-refractivity contribution in [3.63, 3.8) is 0 Å². The monoisotopic (exact) mass is 344 g/mol. The van der Waals surface area contributed by atoms with E-state index in [1.807, 2.05) is 30.3 Å². The lowest BCUT2D eigenvalue weighted by molar-refractivity contribution is -0.129. The molecule has 4 nitrogen and oxygen atoms in total. The second kappa shape index (κ2) is 7.36. The van der Waals surface area contributed by atoms with E-state index in [9.17, 15) is 4.79 Å². The molecule has 2 aromatic rings. The molecule has 0 unspecified atom stereocenters. The van der Waals surface area contributed by atoms with Crippen LogP contribution in [-0.4, -0.2) is 30.9 Å². The van der Waals surface area contributed by atoms with Crippen LogP contribution in [0, 0.1) is 5.41 Å². The van der Waals surface area contributed by atoms with Gasteiger partial charge in [0.1, 0.15) is 12.4 Å². The number of carbonyl (C=O) groups excluding carboxylic acids is 1. The zero-order chi connectivity index (χ0) is 17.0. The van der Waals surface area contributed by atoms with E-state index in [0.717, 1.165) is 35.7 Å². The first-order chi connectivity index (χ1) is 11.5. The summed E-state index contributed by atoms with van der Waals surface area (Å²) in [7, 11) is 2.07. The van der Waals surface area contributed by atoms with Crippen LogP contribution in [-0.2, 0) is 17.9 Å². The first kappa shape index (κ1) is 17.0. The van der Waals surface area contributed by atoms with Crippen LogP contribution in [0.2, 0.25) is 0 Å². The van der Waals surface area contributed by atoms with Gasteiger partial charge in [-0.05, 0) is 50.5 Å². The number of amides is 1. The quantitative estimate of drug-likeness (QED) is 0.874. The average molecular weight is 344 g/mol. The third-order valence-corrected chi connectivity index (χ3v) is 5.48. The Morgan fingerprint density at radius 1 is 1.38 bits per heavy atom. The van der Waals surface area contributed by atoms with Crippen molar-refractivity contribution in [2.75, 3.05) is 20.1 Å². The number of ether oxygens (including phenoxy) is 1. The van der Waals surface area contributed by atoms with E-state index < -0.39 is 0 Å². The number of para-hydroxylation sites is 1. The number of likely N-dealkylation sites (tertiary alicyclic amines) is 1. The number of hydrogen-bond acceptors (Lipinski definition) is 4. The summed E-state index contributed by atoms with van der Waals surface area (Å²) in [6.07, 6.45) is 0.927. The van der Waals surface area contributed by atoms with Crippen LogP contribution in [0.15, 0.2) is 41.8 Å². The van der Waals surface area contributed by atoms with Crippen LogP contribution in [0.4, 0.5) is 0 Å². The van der Waals surface area contributed by atoms with Crippen molar-refractivity contribution in [3.8, 4) is 5.75 Å². The number of hydrogen-bond donors (Lipinski definition) is 1. The predicted octanol–water partition coefficient (Wildman–Crippen LogP) is 3.29. The molecule has 1 saturated heterocycles. The molecule has 1 aromatic carbocycles. The zero-order valence-corrected chi connectivity index (χ0v) is 15.1. The van der Waals surface area contributed by atoms with E-state index in [-0.39, 0.29) is 11.3 Å². The lowest BCUT2D eigenvalue weighted by Crippen LogP contribution is -2.40. The molecule has 1 aliphatic heterocycles. The zero-order valence-electron chi connectivity index (χ0n) is 14.2. The van der Waals surface area contributed by atoms with Crippen molar-refractivity contribution in [1.82, 2.24) is 10.2 Å². The summed E-state index contributed by atoms with van der Waals surface area (Å²) in [5.74, 6) is 1.03. The topological polar surface area (TPSA) is 41.6 Å². The van der Waals surface area contributed by atoms with Crippen LogP contribution in [0.25, 0.3) is 0 Å². The highest BCUT2D eigenvalue weighted by atomic mass is 32.1. The van der Waals surface area contributed by atoms with Gasteiger partial charge in [0.2, 0.25) is 5.91 Å². The molecular formula is C19H24N2O2S. The van der Waals surface area contributed by atoms with Gasteiger partial charge in [-0.1, -0.05) is 18.2 Å². The van der Waals surface area contributed by atoms with Crippen molar-refractivity contribution in [2.24, 2.45) is 5.41 Å². The van der Waals surface area contributed by atoms with Gasteiger partial charge >= 0.3 is 0 Å². The summed E-state index contributed by atoms with van der Waals surface area (Å²) in [6.45, 7) is 5.02. The van der Waals surface area contributed by atoms with Crippen LogP contribution < -0.4 is 10.1 Å². The summed E-state index contributed by atoms with van der Waals surface area (Å²) in [5, 5.41) is 5.19. The second-order valence-electron chi connectivity index (χ2n) is 6.75. The Kier molecular flexibility index (Phi) is 5.21. The minimum Gasteiger partial charge on any atom is -0.489 e. The summed E-state index contributed by atoms with van der Waals surface area (Å²) in [6, 6.07) is 11.9. The van der Waals surface area contributed by atoms with Gasteiger partial charge in [-0.2, -0.15) is 0 Å². The first-order valence-corrected chi connectivity index (χ1v) is 9.14. The van der Waals surface area contributed by atoms with E-state index in [4.69, 9.17) is 4.74 Å². The number of rotatable bonds is 6. The fourth-order valence-electron chi connectivity index (χ4n) is 3.04. The molecule has 0 aliphatic carbocycles. The maximum Gasteiger partial charge on any atom is 0.227 e. The van der Waals surface area contributed by atoms with Crippen molar-refractivity contribution in [2.45, 2.75) is 26.5 Å². The summed E-state index contributed by atoms with van der Waals surface area (Å²) in [4.78, 5) is 15.8. The smallest absolute Gasteiger partial charge is 0.227 e. The summed E-state index contributed by atoms with van der Waals surface area (Å²) >= 11 is 1.66. The van der Waals surface area contributed by atoms with Gasteiger partial charge < -0.3 is 15.0 Å². The molecule has 0 saturated carbocycles. The lowest BCUT2D eigenvalue weighted by Gasteiger charge is -2.22. The van der Waals surface area contributed by atoms with Gasteiger partial charge in [0.25, 0.3) is 0 Å². The SMILES string of the molecule is CN1CC[C@](C)(C(=O)NCc2cc(COc3ccccc3)cs2)C1. The minimum atomic E-state index is -0.259. The Balaban J connectivity index is 1.48. The Bertz CT molecular complexity index is 686. The molecule has 1 atom stereocenters. The van der Waals surface area contributed by atoms with E-state index in [2.05, 4.69) is 35.6 Å². The standard InChI is InChI=1S/C19H24N2O2S/c1-19(8-9-21(2)14-19)18(22)20-11-17-10-15(13-24-17)12-23-16-6-4-3-5-7-16/h3-7,10,13H,8-9,11-12,14H2,1-2H3,(H,20,22)/t19-/m0/s1. The van der Waals surface area contributed by atoms with Gasteiger partial charge in [0.05, 0.1) is 12.0 Å². The molecule has 0 bridgehead atoms. The molecule has 1 N–H and O–H groups in total. The van der Waals surface area contributed by atoms with Crippen LogP contribution in [0.3, 0.4) is 0 Å². The highest BCUT2D eigenvalue weighted by Gasteiger charge is 2.38. The molecule has 0 radical (unpaired) electrons. The van der Waals surface area contributed by atoms with Crippen molar-refractivity contribution in [1.29, 1.82) is 0 Å². The van der Waals surface area contributed by atoms with Gasteiger partial charge in [0, 0.05) is 17.0 Å². The maximum atomic E-state index is 12.4. The number of nitrogens with zero attached hydrogens (tertiary/aromatic N) is 1. The molecule has 2 heterocycles. The van der Waals surface area contributed by atoms with E-state index in [1.165, 1.54) is 0 Å². The molecule has 24 heavy (non-hydrogen) atoms. The molecule has 1 fully saturated rings. The normalized spacial score (nSPS) is 20.9. The van der Waals surface area contributed by atoms with Crippen LogP contribution in [0.5, 0.6) is 5.75 Å². The largest absolute Gasteiger partial charge is 0.489 e. The number of carbonyl (C=O) groups is 1. The first-order valence-electron chi connectivity index (χ1n) is 8.26. The van der Waals surface area contributed by atoms with Crippen molar-refractivity contribution in [3.05, 3.63) is 52.2 Å². The second-order valence-corrected chi connectivity index (χ2v) is 7.75. The molecular weight excluding hydrogens is 320 g/mol. The average Bonchev–Trinajstić information content (AvgIpc) is 3.19. The number of nitrogens with one attached hydrogen (secondary N) is 1. The number of thiophene rings is 1. The molecule has 3 rings (SSSR count). The molecule has 5 heteroatoms. The predicted molar refractivity (Wildman–Crippen MR) is 97.2 cm³/mol. The maximum absolute atomic E-state index is 12.4. The van der Waals surface area contributed by atoms with Crippen molar-refractivity contribution < 1.29 is 9.53 Å². The molecule has 128 valence electrons. The Morgan fingerprint density at radius 2 is 2.17 bits per heavy atom. The van der Waals surface area contributed by atoms with Gasteiger partial charge in [-0.3, -0.25) is 4.79 Å². The Morgan fingerprint density at radius 3 is 2.88 bits per heavy atom. The fourth-order valence-corrected chi connectivity index (χ4v) is 3.85. The summed E-state index contributed by atoms with van der Waals surface area (Å²) < 4.78 is 5.75. The summed E-state index contributed by atoms with van der Waals surface area (Å²) in [5.41, 5.74) is 0.880. The lowest BCUT2D eigenvalue weighted by atomic mass is 9.89. The van der Waals surface area contributed by atoms with Crippen LogP contribution >= 0.6 is 11.3 Å². The van der Waals surface area contributed by atoms with Crippen molar-refractivity contribution >= 4 is 17.2 Å². The third kappa shape index (κ3) is 4.16. The molecule has 1 aromatic heterocycles.